The molecule has 5 nitrogen and oxygen atoms in total. The summed E-state index contributed by atoms with van der Waals surface area (Å²) in [6.45, 7) is 2.31. The van der Waals surface area contributed by atoms with Crippen molar-refractivity contribution >= 4 is 9.84 Å². The molecule has 1 aromatic rings. The van der Waals surface area contributed by atoms with Crippen LogP contribution in [0.1, 0.15) is 18.9 Å². The SMILES string of the molecule is COc1ccc(O)c(CNC2(C)CCS(=O)(=O)C2)c1. The lowest BCUT2D eigenvalue weighted by atomic mass is 10.0. The Morgan fingerprint density at radius 2 is 2.21 bits per heavy atom. The first-order chi connectivity index (χ1) is 8.84. The van der Waals surface area contributed by atoms with E-state index >= 15 is 0 Å². The quantitative estimate of drug-likeness (QED) is 0.865. The van der Waals surface area contributed by atoms with E-state index in [0.717, 1.165) is 0 Å². The molecule has 1 aliphatic rings. The van der Waals surface area contributed by atoms with Crippen LogP contribution in [-0.2, 0) is 16.4 Å². The summed E-state index contributed by atoms with van der Waals surface area (Å²) in [5.74, 6) is 1.21. The molecule has 6 heteroatoms. The largest absolute Gasteiger partial charge is 0.508 e. The molecule has 0 saturated carbocycles. The van der Waals surface area contributed by atoms with E-state index < -0.39 is 15.4 Å². The summed E-state index contributed by atoms with van der Waals surface area (Å²) >= 11 is 0. The van der Waals surface area contributed by atoms with Crippen molar-refractivity contribution in [2.75, 3.05) is 18.6 Å². The summed E-state index contributed by atoms with van der Waals surface area (Å²) < 4.78 is 28.1. The zero-order chi connectivity index (χ0) is 14.1. The third-order valence-electron chi connectivity index (χ3n) is 3.50. The first kappa shape index (κ1) is 14.1. The fourth-order valence-electron chi connectivity index (χ4n) is 2.29. The van der Waals surface area contributed by atoms with E-state index in [1.807, 2.05) is 6.92 Å². The molecule has 2 rings (SSSR count). The van der Waals surface area contributed by atoms with Crippen molar-refractivity contribution in [3.8, 4) is 11.5 Å². The van der Waals surface area contributed by atoms with Gasteiger partial charge >= 0.3 is 0 Å². The van der Waals surface area contributed by atoms with Gasteiger partial charge < -0.3 is 15.2 Å². The molecule has 1 aliphatic heterocycles. The van der Waals surface area contributed by atoms with Gasteiger partial charge in [-0.05, 0) is 31.5 Å². The fraction of sp³-hybridized carbons (Fsp3) is 0.538. The molecule has 1 heterocycles. The third-order valence-corrected chi connectivity index (χ3v) is 5.40. The minimum atomic E-state index is -2.93. The summed E-state index contributed by atoms with van der Waals surface area (Å²) in [6, 6.07) is 5.00. The number of ether oxygens (including phenoxy) is 1. The van der Waals surface area contributed by atoms with Gasteiger partial charge in [0.05, 0.1) is 18.6 Å². The third kappa shape index (κ3) is 3.39. The Kier molecular flexibility index (Phi) is 3.73. The Balaban J connectivity index is 2.07. The van der Waals surface area contributed by atoms with Crippen molar-refractivity contribution < 1.29 is 18.3 Å². The summed E-state index contributed by atoms with van der Waals surface area (Å²) in [6.07, 6.45) is 0.597. The number of hydrogen-bond donors (Lipinski definition) is 2. The molecular formula is C13H19NO4S. The lowest BCUT2D eigenvalue weighted by Gasteiger charge is -2.24. The van der Waals surface area contributed by atoms with E-state index in [1.54, 1.807) is 25.3 Å². The molecule has 0 amide bonds. The second kappa shape index (κ2) is 5.02. The molecule has 0 bridgehead atoms. The molecule has 1 unspecified atom stereocenters. The predicted molar refractivity (Wildman–Crippen MR) is 73.2 cm³/mol. The summed E-state index contributed by atoms with van der Waals surface area (Å²) in [5, 5.41) is 13.0. The van der Waals surface area contributed by atoms with Gasteiger partial charge in [-0.2, -0.15) is 0 Å². The van der Waals surface area contributed by atoms with Gasteiger partial charge in [-0.15, -0.1) is 0 Å². The molecule has 0 aliphatic carbocycles. The second-order valence-corrected chi connectivity index (χ2v) is 7.43. The van der Waals surface area contributed by atoms with Crippen LogP contribution in [0.3, 0.4) is 0 Å². The molecule has 0 aromatic heterocycles. The topological polar surface area (TPSA) is 75.6 Å². The normalized spacial score (nSPS) is 25.4. The number of hydrogen-bond acceptors (Lipinski definition) is 5. The van der Waals surface area contributed by atoms with Crippen LogP contribution in [-0.4, -0.2) is 37.7 Å². The predicted octanol–water partition coefficient (Wildman–Crippen LogP) is 1.07. The number of phenols is 1. The Morgan fingerprint density at radius 3 is 2.79 bits per heavy atom. The van der Waals surface area contributed by atoms with Gasteiger partial charge in [-0.25, -0.2) is 8.42 Å². The number of phenolic OH excluding ortho intramolecular Hbond substituents is 1. The molecule has 0 radical (unpaired) electrons. The number of methoxy groups -OCH3 is 1. The zero-order valence-electron chi connectivity index (χ0n) is 11.1. The van der Waals surface area contributed by atoms with Gasteiger partial charge in [0, 0.05) is 17.6 Å². The number of benzene rings is 1. The van der Waals surface area contributed by atoms with Crippen molar-refractivity contribution in [2.24, 2.45) is 0 Å². The van der Waals surface area contributed by atoms with Crippen LogP contribution in [0.2, 0.25) is 0 Å². The van der Waals surface area contributed by atoms with Crippen molar-refractivity contribution in [3.05, 3.63) is 23.8 Å². The minimum absolute atomic E-state index is 0.144. The molecule has 1 saturated heterocycles. The highest BCUT2D eigenvalue weighted by Gasteiger charge is 2.37. The Morgan fingerprint density at radius 1 is 1.47 bits per heavy atom. The minimum Gasteiger partial charge on any atom is -0.508 e. The Labute approximate surface area is 113 Å². The average molecular weight is 285 g/mol. The Hall–Kier alpha value is -1.27. The van der Waals surface area contributed by atoms with Crippen molar-refractivity contribution in [3.63, 3.8) is 0 Å². The number of aromatic hydroxyl groups is 1. The van der Waals surface area contributed by atoms with Crippen molar-refractivity contribution in [1.29, 1.82) is 0 Å². The van der Waals surface area contributed by atoms with Gasteiger partial charge in [0.25, 0.3) is 0 Å². The highest BCUT2D eigenvalue weighted by atomic mass is 32.2. The van der Waals surface area contributed by atoms with Crippen LogP contribution in [0.5, 0.6) is 11.5 Å². The zero-order valence-corrected chi connectivity index (χ0v) is 12.0. The molecule has 19 heavy (non-hydrogen) atoms. The monoisotopic (exact) mass is 285 g/mol. The number of nitrogens with one attached hydrogen (secondary N) is 1. The first-order valence-corrected chi connectivity index (χ1v) is 7.97. The van der Waals surface area contributed by atoms with E-state index in [1.165, 1.54) is 0 Å². The van der Waals surface area contributed by atoms with E-state index in [-0.39, 0.29) is 17.3 Å². The second-order valence-electron chi connectivity index (χ2n) is 5.25. The van der Waals surface area contributed by atoms with Gasteiger partial charge in [0.15, 0.2) is 9.84 Å². The van der Waals surface area contributed by atoms with E-state index in [0.29, 0.717) is 24.3 Å². The van der Waals surface area contributed by atoms with Crippen LogP contribution in [0.15, 0.2) is 18.2 Å². The van der Waals surface area contributed by atoms with E-state index in [9.17, 15) is 13.5 Å². The first-order valence-electron chi connectivity index (χ1n) is 6.15. The average Bonchev–Trinajstić information content (AvgIpc) is 2.63. The van der Waals surface area contributed by atoms with Gasteiger partial charge in [-0.1, -0.05) is 0 Å². The summed E-state index contributed by atoms with van der Waals surface area (Å²) in [7, 11) is -1.37. The number of rotatable bonds is 4. The molecule has 1 aromatic carbocycles. The van der Waals surface area contributed by atoms with Crippen LogP contribution in [0, 0.1) is 0 Å². The fourth-order valence-corrected chi connectivity index (χ4v) is 4.41. The number of sulfone groups is 1. The molecular weight excluding hydrogens is 266 g/mol. The van der Waals surface area contributed by atoms with E-state index in [4.69, 9.17) is 4.74 Å². The smallest absolute Gasteiger partial charge is 0.152 e. The highest BCUT2D eigenvalue weighted by Crippen LogP contribution is 2.26. The van der Waals surface area contributed by atoms with Crippen molar-refractivity contribution in [2.45, 2.75) is 25.4 Å². The van der Waals surface area contributed by atoms with Gasteiger partial charge in [0.2, 0.25) is 0 Å². The van der Waals surface area contributed by atoms with Crippen LogP contribution in [0.25, 0.3) is 0 Å². The lowest BCUT2D eigenvalue weighted by molar-refractivity contribution is 0.384. The van der Waals surface area contributed by atoms with Crippen LogP contribution in [0.4, 0.5) is 0 Å². The van der Waals surface area contributed by atoms with Gasteiger partial charge in [-0.3, -0.25) is 0 Å². The molecule has 2 N–H and O–H groups in total. The highest BCUT2D eigenvalue weighted by molar-refractivity contribution is 7.91. The van der Waals surface area contributed by atoms with Crippen molar-refractivity contribution in [1.82, 2.24) is 5.32 Å². The maximum Gasteiger partial charge on any atom is 0.152 e. The summed E-state index contributed by atoms with van der Waals surface area (Å²) in [4.78, 5) is 0. The van der Waals surface area contributed by atoms with E-state index in [2.05, 4.69) is 5.32 Å². The standard InChI is InChI=1S/C13H19NO4S/c1-13(5-6-19(16,17)9-13)14-8-10-7-11(18-2)3-4-12(10)15/h3-4,7,14-15H,5-6,8-9H2,1-2H3. The van der Waals surface area contributed by atoms with Crippen LogP contribution >= 0.6 is 0 Å². The maximum atomic E-state index is 11.5. The maximum absolute atomic E-state index is 11.5. The molecule has 106 valence electrons. The van der Waals surface area contributed by atoms with Crippen LogP contribution < -0.4 is 10.1 Å². The summed E-state index contributed by atoms with van der Waals surface area (Å²) in [5.41, 5.74) is 0.277. The Bertz CT molecular complexity index is 570. The van der Waals surface area contributed by atoms with Gasteiger partial charge in [0.1, 0.15) is 11.5 Å². The molecule has 0 spiro atoms. The lowest BCUT2D eigenvalue weighted by Crippen LogP contribution is -2.42. The molecule has 1 atom stereocenters. The molecule has 1 fully saturated rings.